The molecule has 0 aliphatic heterocycles. The van der Waals surface area contributed by atoms with Crippen molar-refractivity contribution < 1.29 is 20.1 Å². The molecule has 6 nitrogen and oxygen atoms in total. The van der Waals surface area contributed by atoms with Crippen molar-refractivity contribution in [2.24, 2.45) is 5.92 Å². The Hall–Kier alpha value is -2.77. The Kier molecular flexibility index (Phi) is 8.42. The number of benzene rings is 2. The first-order valence-electron chi connectivity index (χ1n) is 12.9. The molecule has 0 fully saturated rings. The lowest BCUT2D eigenvalue weighted by Gasteiger charge is -2.47. The lowest BCUT2D eigenvalue weighted by molar-refractivity contribution is -0.172. The van der Waals surface area contributed by atoms with E-state index >= 15 is 0 Å². The first-order chi connectivity index (χ1) is 17.3. The molecule has 1 aliphatic carbocycles. The van der Waals surface area contributed by atoms with Crippen LogP contribution < -0.4 is 0 Å². The molecule has 1 aliphatic rings. The Labute approximate surface area is 214 Å². The molecule has 0 amide bonds. The van der Waals surface area contributed by atoms with E-state index in [2.05, 4.69) is 35.8 Å². The van der Waals surface area contributed by atoms with Crippen molar-refractivity contribution in [3.63, 3.8) is 0 Å². The Morgan fingerprint density at radius 1 is 1.28 bits per heavy atom. The molecule has 2 atom stereocenters. The summed E-state index contributed by atoms with van der Waals surface area (Å²) in [5.41, 5.74) is 3.53. The number of H-pyrrole nitrogens is 1. The van der Waals surface area contributed by atoms with Crippen molar-refractivity contribution >= 4 is 17.0 Å². The smallest absolute Gasteiger partial charge is 0.332 e. The number of para-hydroxylation sites is 2. The van der Waals surface area contributed by atoms with Crippen LogP contribution in [-0.4, -0.2) is 60.3 Å². The van der Waals surface area contributed by atoms with Crippen LogP contribution in [0.25, 0.3) is 11.0 Å². The number of halogens is 1. The number of fused-ring (bicyclic) bond motifs is 2. The number of hydrogen-bond acceptors (Lipinski definition) is 5. The molecule has 0 spiro atoms. The van der Waals surface area contributed by atoms with E-state index in [4.69, 9.17) is 9.47 Å². The van der Waals surface area contributed by atoms with Crippen LogP contribution in [-0.2, 0) is 27.1 Å². The summed E-state index contributed by atoms with van der Waals surface area (Å²) in [6, 6.07) is 13.1. The third-order valence-corrected chi connectivity index (χ3v) is 7.38. The molecule has 0 unspecified atom stereocenters. The Morgan fingerprint density at radius 3 is 2.83 bits per heavy atom. The zero-order chi connectivity index (χ0) is 25.7. The molecule has 0 bridgehead atoms. The van der Waals surface area contributed by atoms with Crippen molar-refractivity contribution in [2.45, 2.75) is 57.5 Å². The first kappa shape index (κ1) is 26.3. The van der Waals surface area contributed by atoms with Gasteiger partial charge in [0.15, 0.2) is 0 Å². The van der Waals surface area contributed by atoms with Gasteiger partial charge in [-0.25, -0.2) is 14.2 Å². The van der Waals surface area contributed by atoms with Crippen LogP contribution >= 0.6 is 0 Å². The number of aryl methyl sites for hydroxylation is 2. The second kappa shape index (κ2) is 11.5. The maximum Gasteiger partial charge on any atom is 0.332 e. The monoisotopic (exact) mass is 497 g/mol. The minimum atomic E-state index is -0.651. The topological polar surface area (TPSA) is 67.5 Å². The van der Waals surface area contributed by atoms with Crippen molar-refractivity contribution in [1.82, 2.24) is 14.9 Å². The van der Waals surface area contributed by atoms with Gasteiger partial charge < -0.3 is 19.4 Å². The lowest BCUT2D eigenvalue weighted by atomic mass is 9.65. The number of nitrogens with one attached hydrogen (secondary N) is 1. The quantitative estimate of drug-likeness (QED) is 0.354. The van der Waals surface area contributed by atoms with Crippen molar-refractivity contribution in [2.75, 3.05) is 33.9 Å². The highest BCUT2D eigenvalue weighted by Crippen LogP contribution is 2.48. The fraction of sp³-hybridized carbons (Fsp3) is 0.517. The predicted molar refractivity (Wildman–Crippen MR) is 142 cm³/mol. The zero-order valence-electron chi connectivity index (χ0n) is 21.9. The average Bonchev–Trinajstić information content (AvgIpc) is 3.25. The number of aromatic amines is 1. The van der Waals surface area contributed by atoms with E-state index in [0.717, 1.165) is 53.9 Å². The van der Waals surface area contributed by atoms with E-state index in [0.29, 0.717) is 19.3 Å². The summed E-state index contributed by atoms with van der Waals surface area (Å²) in [7, 11) is 3.61. The normalized spacial score (nSPS) is 19.7. The number of carbonyl (C=O) groups excluding carboxylic acids is 1. The van der Waals surface area contributed by atoms with Gasteiger partial charge in [-0.3, -0.25) is 0 Å². The van der Waals surface area contributed by atoms with Crippen molar-refractivity contribution in [3.05, 3.63) is 65.2 Å². The summed E-state index contributed by atoms with van der Waals surface area (Å²) >= 11 is 0. The molecular weight excluding hydrogens is 457 g/mol. The number of imidazole rings is 1. The van der Waals surface area contributed by atoms with Crippen molar-refractivity contribution in [1.29, 1.82) is 0 Å². The molecular formula is C29H40FN3O3. The molecule has 0 saturated carbocycles. The zero-order valence-corrected chi connectivity index (χ0v) is 21.9. The van der Waals surface area contributed by atoms with E-state index in [1.807, 2.05) is 30.3 Å². The Bertz CT molecular complexity index is 1150. The summed E-state index contributed by atoms with van der Waals surface area (Å²) in [6.07, 6.45) is 3.92. The minimum absolute atomic E-state index is 0. The second-order valence-electron chi connectivity index (χ2n) is 10.4. The number of ether oxygens (including phenoxy) is 2. The lowest BCUT2D eigenvalue weighted by Crippen LogP contribution is -2.49. The molecule has 3 aromatic rings. The number of carbonyl (C=O) groups is 1. The summed E-state index contributed by atoms with van der Waals surface area (Å²) in [5.74, 6) is 0.658. The number of methoxy groups -OCH3 is 1. The van der Waals surface area contributed by atoms with Crippen LogP contribution in [0.1, 0.15) is 57.4 Å². The Balaban J connectivity index is 0.00000380. The fourth-order valence-electron chi connectivity index (χ4n) is 5.80. The minimum Gasteiger partial charge on any atom is -0.457 e. The summed E-state index contributed by atoms with van der Waals surface area (Å²) in [5, 5.41) is 0. The van der Waals surface area contributed by atoms with Gasteiger partial charge in [-0.15, -0.1) is 0 Å². The summed E-state index contributed by atoms with van der Waals surface area (Å²) in [4.78, 5) is 23.0. The molecule has 0 saturated heterocycles. The molecule has 2 aromatic carbocycles. The van der Waals surface area contributed by atoms with Gasteiger partial charge >= 0.3 is 5.97 Å². The molecule has 36 heavy (non-hydrogen) atoms. The molecule has 1 N–H and O–H groups in total. The van der Waals surface area contributed by atoms with Crippen LogP contribution in [0.3, 0.4) is 0 Å². The van der Waals surface area contributed by atoms with Crippen LogP contribution in [0.15, 0.2) is 42.5 Å². The third kappa shape index (κ3) is 5.95. The molecule has 7 heteroatoms. The summed E-state index contributed by atoms with van der Waals surface area (Å²) < 4.78 is 25.3. The highest BCUT2D eigenvalue weighted by Gasteiger charge is 2.47. The van der Waals surface area contributed by atoms with Crippen LogP contribution in [0, 0.1) is 11.7 Å². The number of rotatable bonds is 11. The van der Waals surface area contributed by atoms with Crippen LogP contribution in [0.5, 0.6) is 0 Å². The van der Waals surface area contributed by atoms with Gasteiger partial charge in [0.25, 0.3) is 0 Å². The molecule has 4 rings (SSSR count). The maximum atomic E-state index is 14.0. The van der Waals surface area contributed by atoms with Gasteiger partial charge in [0.1, 0.15) is 23.8 Å². The highest BCUT2D eigenvalue weighted by molar-refractivity contribution is 5.74. The van der Waals surface area contributed by atoms with Gasteiger partial charge in [-0.05, 0) is 74.2 Å². The first-order valence-corrected chi connectivity index (χ1v) is 12.9. The van der Waals surface area contributed by atoms with Crippen LogP contribution in [0.2, 0.25) is 0 Å². The number of hydrogen-bond donors (Lipinski definition) is 1. The molecule has 1 aromatic heterocycles. The fourth-order valence-corrected chi connectivity index (χ4v) is 5.80. The van der Waals surface area contributed by atoms with Crippen LogP contribution in [0.4, 0.5) is 4.39 Å². The van der Waals surface area contributed by atoms with Gasteiger partial charge in [0.05, 0.1) is 11.0 Å². The van der Waals surface area contributed by atoms with Gasteiger partial charge in [-0.2, -0.15) is 0 Å². The maximum absolute atomic E-state index is 14.0. The second-order valence-corrected chi connectivity index (χ2v) is 10.4. The van der Waals surface area contributed by atoms with Gasteiger partial charge in [0.2, 0.25) is 0 Å². The van der Waals surface area contributed by atoms with Gasteiger partial charge in [-0.1, -0.05) is 32.0 Å². The van der Waals surface area contributed by atoms with Gasteiger partial charge in [0, 0.05) is 33.8 Å². The van der Waals surface area contributed by atoms with E-state index in [9.17, 15) is 9.18 Å². The third-order valence-electron chi connectivity index (χ3n) is 7.38. The van der Waals surface area contributed by atoms with E-state index in [1.54, 1.807) is 6.07 Å². The van der Waals surface area contributed by atoms with E-state index in [1.165, 1.54) is 13.2 Å². The Morgan fingerprint density at radius 2 is 2.08 bits per heavy atom. The van der Waals surface area contributed by atoms with Crippen molar-refractivity contribution in [3.8, 4) is 0 Å². The van der Waals surface area contributed by atoms with E-state index in [-0.39, 0.29) is 31.7 Å². The largest absolute Gasteiger partial charge is 0.457 e. The number of aromatic nitrogens is 2. The standard InChI is InChI=1S/C29H38FN3O3.H2/c1-20(2)28-23-12-11-22(30)18-21(23)13-14-29(28,36-27(34)19-35-4)15-17-33(3)16-7-10-26-31-24-8-5-6-9-25(24)32-26;/h5-6,8-9,11-12,18,20,28H,7,10,13-17,19H2,1-4H3,(H,31,32);1H/t28-,29-;/m0./s1. The number of nitrogens with zero attached hydrogens (tertiary/aromatic N) is 2. The number of esters is 1. The van der Waals surface area contributed by atoms with E-state index < -0.39 is 5.60 Å². The SMILES string of the molecule is COCC(=O)O[C@]1(CCN(C)CCCc2nc3ccccc3[nH]2)CCc2cc(F)ccc2[C@@H]1C(C)C.[HH]. The molecule has 1 heterocycles. The molecule has 0 radical (unpaired) electrons. The predicted octanol–water partition coefficient (Wildman–Crippen LogP) is 5.52. The molecule has 196 valence electrons. The highest BCUT2D eigenvalue weighted by atomic mass is 19.1. The summed E-state index contributed by atoms with van der Waals surface area (Å²) in [6.45, 7) is 5.93. The average molecular weight is 498 g/mol.